The van der Waals surface area contributed by atoms with Gasteiger partial charge in [-0.3, -0.25) is 0 Å². The zero-order valence-electron chi connectivity index (χ0n) is 7.49. The predicted octanol–water partition coefficient (Wildman–Crippen LogP) is 1.21. The van der Waals surface area contributed by atoms with Gasteiger partial charge in [0.1, 0.15) is 12.6 Å². The van der Waals surface area contributed by atoms with Gasteiger partial charge in [-0.15, -0.1) is 0 Å². The molecule has 3 nitrogen and oxygen atoms in total. The Kier molecular flexibility index (Phi) is 7.91. The minimum Gasteiger partial charge on any atom is -0.381 e. The van der Waals surface area contributed by atoms with Crippen LogP contribution in [0.25, 0.3) is 0 Å². The van der Waals surface area contributed by atoms with Gasteiger partial charge in [-0.2, -0.15) is 0 Å². The van der Waals surface area contributed by atoms with E-state index in [0.717, 1.165) is 25.4 Å². The Hall–Kier alpha value is -0.700. The second-order valence-electron chi connectivity index (χ2n) is 2.85. The molecule has 0 saturated heterocycles. The van der Waals surface area contributed by atoms with Crippen molar-refractivity contribution in [1.82, 2.24) is 0 Å². The minimum atomic E-state index is -0.0175. The molecule has 0 spiro atoms. The fraction of sp³-hybridized carbons (Fsp3) is 0.778. The van der Waals surface area contributed by atoms with Crippen LogP contribution in [-0.4, -0.2) is 25.8 Å². The molecule has 0 amide bonds. The van der Waals surface area contributed by atoms with Crippen LogP contribution >= 0.6 is 0 Å². The van der Waals surface area contributed by atoms with Gasteiger partial charge in [-0.1, -0.05) is 6.92 Å². The van der Waals surface area contributed by atoms with E-state index < -0.39 is 0 Å². The van der Waals surface area contributed by atoms with Crippen LogP contribution in [0, 0.1) is 5.92 Å². The predicted molar refractivity (Wildman–Crippen MR) is 46.0 cm³/mol. The number of hydrogen-bond acceptors (Lipinski definition) is 3. The van der Waals surface area contributed by atoms with E-state index >= 15 is 0 Å². The molecule has 0 bridgehead atoms. The lowest BCUT2D eigenvalue weighted by Crippen LogP contribution is -2.07. The molecular formula is C9H16O3. The number of rotatable bonds is 8. The summed E-state index contributed by atoms with van der Waals surface area (Å²) >= 11 is 0. The van der Waals surface area contributed by atoms with Crippen molar-refractivity contribution < 1.29 is 14.3 Å². The Balaban J connectivity index is 2.99. The quantitative estimate of drug-likeness (QED) is 0.408. The van der Waals surface area contributed by atoms with Gasteiger partial charge < -0.3 is 14.3 Å². The van der Waals surface area contributed by atoms with E-state index in [-0.39, 0.29) is 5.92 Å². The van der Waals surface area contributed by atoms with E-state index in [2.05, 4.69) is 0 Å². The molecule has 0 aliphatic heterocycles. The van der Waals surface area contributed by atoms with Gasteiger partial charge in [-0.25, -0.2) is 0 Å². The van der Waals surface area contributed by atoms with E-state index in [1.165, 1.54) is 0 Å². The van der Waals surface area contributed by atoms with Crippen molar-refractivity contribution in [1.29, 1.82) is 0 Å². The Bertz CT molecular complexity index is 123. The highest BCUT2D eigenvalue weighted by atomic mass is 16.5. The van der Waals surface area contributed by atoms with Crippen molar-refractivity contribution in [3.63, 3.8) is 0 Å². The van der Waals surface area contributed by atoms with Crippen molar-refractivity contribution in [2.24, 2.45) is 5.92 Å². The van der Waals surface area contributed by atoms with E-state index in [1.54, 1.807) is 0 Å². The van der Waals surface area contributed by atoms with Gasteiger partial charge in [0.15, 0.2) is 0 Å². The SMILES string of the molecule is CC(C=O)COCCCCC=O. The molecule has 12 heavy (non-hydrogen) atoms. The Morgan fingerprint density at radius 2 is 2.08 bits per heavy atom. The molecule has 0 aliphatic rings. The maximum absolute atomic E-state index is 10.1. The maximum Gasteiger partial charge on any atom is 0.125 e. The molecule has 0 heterocycles. The van der Waals surface area contributed by atoms with E-state index in [4.69, 9.17) is 4.74 Å². The van der Waals surface area contributed by atoms with Crippen molar-refractivity contribution >= 4 is 12.6 Å². The summed E-state index contributed by atoms with van der Waals surface area (Å²) in [5, 5.41) is 0. The average molecular weight is 172 g/mol. The molecule has 0 radical (unpaired) electrons. The van der Waals surface area contributed by atoms with Crippen molar-refractivity contribution in [2.75, 3.05) is 13.2 Å². The number of carbonyl (C=O) groups excluding carboxylic acids is 2. The van der Waals surface area contributed by atoms with Crippen molar-refractivity contribution in [2.45, 2.75) is 26.2 Å². The highest BCUT2D eigenvalue weighted by Gasteiger charge is 1.97. The van der Waals surface area contributed by atoms with Crippen LogP contribution in [0.15, 0.2) is 0 Å². The molecule has 1 atom stereocenters. The van der Waals surface area contributed by atoms with Gasteiger partial charge in [0.25, 0.3) is 0 Å². The van der Waals surface area contributed by atoms with E-state index in [1.807, 2.05) is 6.92 Å². The van der Waals surface area contributed by atoms with E-state index in [9.17, 15) is 9.59 Å². The van der Waals surface area contributed by atoms with Crippen LogP contribution in [0.1, 0.15) is 26.2 Å². The monoisotopic (exact) mass is 172 g/mol. The lowest BCUT2D eigenvalue weighted by atomic mass is 10.2. The average Bonchev–Trinajstić information content (AvgIpc) is 2.10. The standard InChI is InChI=1S/C9H16O3/c1-9(7-11)8-12-6-4-2-3-5-10/h5,7,9H,2-4,6,8H2,1H3. The van der Waals surface area contributed by atoms with Crippen molar-refractivity contribution in [3.8, 4) is 0 Å². The van der Waals surface area contributed by atoms with Gasteiger partial charge in [-0.05, 0) is 12.8 Å². The summed E-state index contributed by atoms with van der Waals surface area (Å²) in [6, 6.07) is 0. The summed E-state index contributed by atoms with van der Waals surface area (Å²) in [6.07, 6.45) is 4.16. The Morgan fingerprint density at radius 1 is 1.33 bits per heavy atom. The zero-order valence-corrected chi connectivity index (χ0v) is 7.49. The minimum absolute atomic E-state index is 0.0175. The zero-order chi connectivity index (χ0) is 9.23. The lowest BCUT2D eigenvalue weighted by molar-refractivity contribution is -0.112. The molecule has 0 aromatic rings. The summed E-state index contributed by atoms with van der Waals surface area (Å²) in [4.78, 5) is 20.0. The highest BCUT2D eigenvalue weighted by Crippen LogP contribution is 1.95. The normalized spacial score (nSPS) is 12.4. The van der Waals surface area contributed by atoms with Crippen molar-refractivity contribution in [3.05, 3.63) is 0 Å². The van der Waals surface area contributed by atoms with Gasteiger partial charge >= 0.3 is 0 Å². The molecule has 70 valence electrons. The molecular weight excluding hydrogens is 156 g/mol. The molecule has 3 heteroatoms. The lowest BCUT2D eigenvalue weighted by Gasteiger charge is -2.04. The summed E-state index contributed by atoms with van der Waals surface area (Å²) < 4.78 is 5.19. The fourth-order valence-electron chi connectivity index (χ4n) is 0.740. The molecule has 0 aromatic heterocycles. The molecule has 0 rings (SSSR count). The number of ether oxygens (including phenoxy) is 1. The van der Waals surface area contributed by atoms with Crippen LogP contribution in [-0.2, 0) is 14.3 Å². The Morgan fingerprint density at radius 3 is 2.67 bits per heavy atom. The van der Waals surface area contributed by atoms with Gasteiger partial charge in [0, 0.05) is 18.9 Å². The van der Waals surface area contributed by atoms with E-state index in [0.29, 0.717) is 19.6 Å². The second-order valence-corrected chi connectivity index (χ2v) is 2.85. The molecule has 0 N–H and O–H groups in total. The van der Waals surface area contributed by atoms with Crippen LogP contribution in [0.4, 0.5) is 0 Å². The second kappa shape index (κ2) is 8.40. The molecule has 0 fully saturated rings. The maximum atomic E-state index is 10.1. The number of hydrogen-bond donors (Lipinski definition) is 0. The molecule has 0 aromatic carbocycles. The third-order valence-corrected chi connectivity index (χ3v) is 1.47. The smallest absolute Gasteiger partial charge is 0.125 e. The largest absolute Gasteiger partial charge is 0.381 e. The van der Waals surface area contributed by atoms with Crippen LogP contribution in [0.2, 0.25) is 0 Å². The third-order valence-electron chi connectivity index (χ3n) is 1.47. The number of carbonyl (C=O) groups is 2. The van der Waals surface area contributed by atoms with Crippen LogP contribution in [0.3, 0.4) is 0 Å². The topological polar surface area (TPSA) is 43.4 Å². The van der Waals surface area contributed by atoms with Gasteiger partial charge in [0.05, 0.1) is 6.61 Å². The summed E-state index contributed by atoms with van der Waals surface area (Å²) in [7, 11) is 0. The first kappa shape index (κ1) is 11.3. The number of aldehydes is 2. The van der Waals surface area contributed by atoms with Crippen LogP contribution in [0.5, 0.6) is 0 Å². The summed E-state index contributed by atoms with van der Waals surface area (Å²) in [5.74, 6) is -0.0175. The third kappa shape index (κ3) is 7.41. The van der Waals surface area contributed by atoms with Crippen LogP contribution < -0.4 is 0 Å². The molecule has 1 unspecified atom stereocenters. The Labute approximate surface area is 73.1 Å². The molecule has 0 aliphatic carbocycles. The summed E-state index contributed by atoms with van der Waals surface area (Å²) in [6.45, 7) is 2.95. The first-order valence-electron chi connectivity index (χ1n) is 4.28. The number of unbranched alkanes of at least 4 members (excludes halogenated alkanes) is 2. The first-order chi connectivity index (χ1) is 5.81. The highest BCUT2D eigenvalue weighted by molar-refractivity contribution is 5.52. The van der Waals surface area contributed by atoms with Gasteiger partial charge in [0.2, 0.25) is 0 Å². The first-order valence-corrected chi connectivity index (χ1v) is 4.28. The fourth-order valence-corrected chi connectivity index (χ4v) is 0.740. The molecule has 0 saturated carbocycles. The summed E-state index contributed by atoms with van der Waals surface area (Å²) in [5.41, 5.74) is 0.